The molecule has 0 atom stereocenters. The van der Waals surface area contributed by atoms with E-state index in [1.54, 1.807) is 0 Å². The maximum atomic E-state index is 11.2. The maximum Gasteiger partial charge on any atom is 0.335 e. The number of carbonyl (C=O) groups is 2. The Morgan fingerprint density at radius 3 is 1.42 bits per heavy atom. The fourth-order valence-corrected chi connectivity index (χ4v) is 1.93. The molecule has 0 saturated heterocycles. The van der Waals surface area contributed by atoms with Crippen LogP contribution in [0.3, 0.4) is 0 Å². The monoisotopic (exact) mass is 362 g/mol. The SMILES string of the molecule is COOc1cc(N=Nc2cc(OOC)cc(C(=O)O)c2)cc(C(=O)O)c1. The van der Waals surface area contributed by atoms with Crippen molar-refractivity contribution in [1.82, 2.24) is 0 Å². The van der Waals surface area contributed by atoms with Gasteiger partial charge in [0.2, 0.25) is 0 Å². The Morgan fingerprint density at radius 1 is 0.731 bits per heavy atom. The van der Waals surface area contributed by atoms with Crippen molar-refractivity contribution in [2.45, 2.75) is 0 Å². The summed E-state index contributed by atoms with van der Waals surface area (Å²) < 4.78 is 0. The molecule has 2 rings (SSSR count). The van der Waals surface area contributed by atoms with Crippen molar-refractivity contribution in [3.8, 4) is 11.5 Å². The number of azo groups is 1. The van der Waals surface area contributed by atoms with Gasteiger partial charge in [0.15, 0.2) is 11.5 Å². The van der Waals surface area contributed by atoms with E-state index in [4.69, 9.17) is 20.0 Å². The highest BCUT2D eigenvalue weighted by Gasteiger charge is 2.10. The Morgan fingerprint density at radius 2 is 1.12 bits per heavy atom. The number of nitrogens with zero attached hydrogens (tertiary/aromatic N) is 2. The summed E-state index contributed by atoms with van der Waals surface area (Å²) in [6.45, 7) is 0. The Labute approximate surface area is 147 Å². The minimum Gasteiger partial charge on any atom is -0.478 e. The molecular formula is C16H14N2O8. The summed E-state index contributed by atoms with van der Waals surface area (Å²) in [6.07, 6.45) is 0. The van der Waals surface area contributed by atoms with Crippen molar-refractivity contribution in [3.63, 3.8) is 0 Å². The molecule has 0 spiro atoms. The molecule has 0 aromatic heterocycles. The standard InChI is InChI=1S/C16H14N2O8/c1-23-25-13-5-9(15(19)20)3-11(7-13)17-18-12-4-10(16(21)22)6-14(8-12)26-24-2/h3-8H,1-2H3,(H,19,20)(H,21,22). The average molecular weight is 362 g/mol. The van der Waals surface area contributed by atoms with Crippen LogP contribution in [0.15, 0.2) is 46.6 Å². The van der Waals surface area contributed by atoms with Crippen LogP contribution >= 0.6 is 0 Å². The van der Waals surface area contributed by atoms with Crippen LogP contribution in [0.1, 0.15) is 20.7 Å². The van der Waals surface area contributed by atoms with Crippen LogP contribution in [0.25, 0.3) is 0 Å². The number of carboxylic acids is 2. The summed E-state index contributed by atoms with van der Waals surface area (Å²) in [4.78, 5) is 40.9. The molecule has 0 aliphatic rings. The van der Waals surface area contributed by atoms with E-state index in [1.165, 1.54) is 50.6 Å². The summed E-state index contributed by atoms with van der Waals surface area (Å²) in [7, 11) is 2.53. The summed E-state index contributed by atoms with van der Waals surface area (Å²) in [6, 6.07) is 7.82. The van der Waals surface area contributed by atoms with Gasteiger partial charge in [0.1, 0.15) is 0 Å². The van der Waals surface area contributed by atoms with Gasteiger partial charge in [-0.3, -0.25) is 0 Å². The lowest BCUT2D eigenvalue weighted by atomic mass is 10.2. The zero-order valence-electron chi connectivity index (χ0n) is 13.7. The molecule has 136 valence electrons. The molecule has 0 aliphatic carbocycles. The second-order valence-corrected chi connectivity index (χ2v) is 4.74. The van der Waals surface area contributed by atoms with Gasteiger partial charge in [-0.2, -0.15) is 20.0 Å². The smallest absolute Gasteiger partial charge is 0.335 e. The minimum atomic E-state index is -1.19. The Hall–Kier alpha value is -3.50. The van der Waals surface area contributed by atoms with Crippen LogP contribution in [-0.4, -0.2) is 36.4 Å². The van der Waals surface area contributed by atoms with Gasteiger partial charge < -0.3 is 20.0 Å². The number of carboxylic acid groups (broad SMARTS) is 2. The molecule has 0 amide bonds. The van der Waals surface area contributed by atoms with Gasteiger partial charge in [-0.15, -0.1) is 0 Å². The largest absolute Gasteiger partial charge is 0.478 e. The summed E-state index contributed by atoms with van der Waals surface area (Å²) in [5.74, 6) is -2.15. The summed E-state index contributed by atoms with van der Waals surface area (Å²) in [5.41, 5.74) is 0.145. The lowest BCUT2D eigenvalue weighted by molar-refractivity contribution is -0.178. The highest BCUT2D eigenvalue weighted by molar-refractivity contribution is 5.90. The van der Waals surface area contributed by atoms with E-state index in [0.717, 1.165) is 0 Å². The second-order valence-electron chi connectivity index (χ2n) is 4.74. The first-order valence-corrected chi connectivity index (χ1v) is 7.02. The molecular weight excluding hydrogens is 348 g/mol. The Balaban J connectivity index is 2.39. The molecule has 0 heterocycles. The lowest BCUT2D eigenvalue weighted by Crippen LogP contribution is -1.98. The first-order chi connectivity index (χ1) is 12.4. The number of hydrogen-bond donors (Lipinski definition) is 2. The molecule has 10 nitrogen and oxygen atoms in total. The molecule has 2 aromatic carbocycles. The molecule has 0 fully saturated rings. The Bertz CT molecular complexity index is 781. The third kappa shape index (κ3) is 5.00. The van der Waals surface area contributed by atoms with E-state index in [2.05, 4.69) is 20.0 Å². The average Bonchev–Trinajstić information content (AvgIpc) is 2.60. The van der Waals surface area contributed by atoms with E-state index in [1.807, 2.05) is 0 Å². The van der Waals surface area contributed by atoms with Gasteiger partial charge in [0, 0.05) is 12.1 Å². The topological polar surface area (TPSA) is 136 Å². The predicted octanol–water partition coefficient (Wildman–Crippen LogP) is 3.38. The van der Waals surface area contributed by atoms with E-state index < -0.39 is 11.9 Å². The van der Waals surface area contributed by atoms with Gasteiger partial charge in [-0.1, -0.05) is 0 Å². The van der Waals surface area contributed by atoms with Gasteiger partial charge in [-0.25, -0.2) is 9.59 Å². The first kappa shape index (κ1) is 18.8. The molecule has 2 aromatic rings. The highest BCUT2D eigenvalue weighted by atomic mass is 17.2. The number of aromatic carboxylic acids is 2. The zero-order chi connectivity index (χ0) is 19.1. The van der Waals surface area contributed by atoms with E-state index >= 15 is 0 Å². The molecule has 0 unspecified atom stereocenters. The molecule has 2 N–H and O–H groups in total. The Kier molecular flexibility index (Phi) is 6.20. The van der Waals surface area contributed by atoms with Crippen LogP contribution in [0.4, 0.5) is 11.4 Å². The second kappa shape index (κ2) is 8.55. The molecule has 0 aliphatic heterocycles. The van der Waals surface area contributed by atoms with Crippen LogP contribution < -0.4 is 9.78 Å². The van der Waals surface area contributed by atoms with Crippen LogP contribution in [-0.2, 0) is 9.78 Å². The fourth-order valence-electron chi connectivity index (χ4n) is 1.93. The van der Waals surface area contributed by atoms with Gasteiger partial charge >= 0.3 is 11.9 Å². The molecule has 26 heavy (non-hydrogen) atoms. The first-order valence-electron chi connectivity index (χ1n) is 7.02. The zero-order valence-corrected chi connectivity index (χ0v) is 13.7. The summed E-state index contributed by atoms with van der Waals surface area (Å²) >= 11 is 0. The molecule has 0 bridgehead atoms. The van der Waals surface area contributed by atoms with Gasteiger partial charge in [-0.05, 0) is 24.3 Å². The van der Waals surface area contributed by atoms with E-state index in [9.17, 15) is 9.59 Å². The van der Waals surface area contributed by atoms with E-state index in [-0.39, 0.29) is 34.0 Å². The number of hydrogen-bond acceptors (Lipinski definition) is 8. The predicted molar refractivity (Wildman–Crippen MR) is 86.3 cm³/mol. The third-order valence-electron chi connectivity index (χ3n) is 2.92. The third-order valence-corrected chi connectivity index (χ3v) is 2.92. The normalized spacial score (nSPS) is 10.7. The van der Waals surface area contributed by atoms with Crippen molar-refractivity contribution in [2.75, 3.05) is 14.2 Å². The molecule has 10 heteroatoms. The van der Waals surface area contributed by atoms with Crippen LogP contribution in [0, 0.1) is 0 Å². The molecule has 0 radical (unpaired) electrons. The van der Waals surface area contributed by atoms with Gasteiger partial charge in [0.25, 0.3) is 0 Å². The van der Waals surface area contributed by atoms with Crippen molar-refractivity contribution >= 4 is 23.3 Å². The van der Waals surface area contributed by atoms with Crippen molar-refractivity contribution in [3.05, 3.63) is 47.5 Å². The minimum absolute atomic E-state index is 0.0869. The maximum absolute atomic E-state index is 11.2. The van der Waals surface area contributed by atoms with Crippen molar-refractivity contribution in [1.29, 1.82) is 0 Å². The quantitative estimate of drug-likeness (QED) is 0.414. The van der Waals surface area contributed by atoms with E-state index in [0.29, 0.717) is 0 Å². The van der Waals surface area contributed by atoms with Crippen LogP contribution in [0.5, 0.6) is 11.5 Å². The fraction of sp³-hybridized carbons (Fsp3) is 0.125. The number of benzene rings is 2. The van der Waals surface area contributed by atoms with Crippen LogP contribution in [0.2, 0.25) is 0 Å². The van der Waals surface area contributed by atoms with Gasteiger partial charge in [0.05, 0.1) is 36.7 Å². The highest BCUT2D eigenvalue weighted by Crippen LogP contribution is 2.28. The van der Waals surface area contributed by atoms with Crippen molar-refractivity contribution in [2.24, 2.45) is 10.2 Å². The number of rotatable bonds is 8. The summed E-state index contributed by atoms with van der Waals surface area (Å²) in [5, 5.41) is 26.0. The van der Waals surface area contributed by atoms with Crippen molar-refractivity contribution < 1.29 is 39.4 Å². The molecule has 0 saturated carbocycles. The lowest BCUT2D eigenvalue weighted by Gasteiger charge is -2.05.